The van der Waals surface area contributed by atoms with Crippen LogP contribution < -0.4 is 10.2 Å². The summed E-state index contributed by atoms with van der Waals surface area (Å²) in [5, 5.41) is 22.0. The normalized spacial score (nSPS) is 26.6. The number of rotatable bonds is 4. The second-order valence-corrected chi connectivity index (χ2v) is 6.40. The van der Waals surface area contributed by atoms with Gasteiger partial charge in [0.15, 0.2) is 0 Å². The molecule has 23 heavy (non-hydrogen) atoms. The van der Waals surface area contributed by atoms with E-state index in [4.69, 9.17) is 28.3 Å². The molecule has 2 saturated heterocycles. The van der Waals surface area contributed by atoms with Gasteiger partial charge in [0.1, 0.15) is 5.15 Å². The first-order chi connectivity index (χ1) is 10.8. The summed E-state index contributed by atoms with van der Waals surface area (Å²) >= 11 is 11.8. The second kappa shape index (κ2) is 5.67. The Bertz CT molecular complexity index is 724. The van der Waals surface area contributed by atoms with E-state index >= 15 is 0 Å². The molecule has 3 rings (SSSR count). The van der Waals surface area contributed by atoms with Crippen LogP contribution in [0.15, 0.2) is 23.9 Å². The second-order valence-electron chi connectivity index (χ2n) is 5.64. The maximum atomic E-state index is 11.5. The van der Waals surface area contributed by atoms with E-state index in [9.17, 15) is 14.7 Å². The van der Waals surface area contributed by atoms with Crippen LogP contribution in [0.5, 0.6) is 0 Å². The van der Waals surface area contributed by atoms with Crippen LogP contribution in [0.3, 0.4) is 0 Å². The highest BCUT2D eigenvalue weighted by molar-refractivity contribution is 6.41. The molecule has 0 aromatic carbocycles. The minimum Gasteiger partial charge on any atom is -0.478 e. The summed E-state index contributed by atoms with van der Waals surface area (Å²) in [6.45, 7) is 1.31. The van der Waals surface area contributed by atoms with E-state index in [1.165, 1.54) is 0 Å². The molecule has 3 N–H and O–H groups in total. The van der Waals surface area contributed by atoms with Gasteiger partial charge in [0.25, 0.3) is 0 Å². The van der Waals surface area contributed by atoms with Crippen LogP contribution >= 0.6 is 23.2 Å². The number of carboxylic acid groups (broad SMARTS) is 2. The largest absolute Gasteiger partial charge is 0.478 e. The average molecular weight is 358 g/mol. The number of halogens is 2. The van der Waals surface area contributed by atoms with Crippen molar-refractivity contribution >= 4 is 40.8 Å². The third kappa shape index (κ3) is 2.65. The summed E-state index contributed by atoms with van der Waals surface area (Å²) in [5.74, 6) is -2.48. The van der Waals surface area contributed by atoms with Crippen molar-refractivity contribution in [2.24, 2.45) is 5.41 Å². The monoisotopic (exact) mass is 357 g/mol. The Morgan fingerprint density at radius 3 is 2.70 bits per heavy atom. The Hall–Kier alpha value is -1.83. The van der Waals surface area contributed by atoms with Gasteiger partial charge in [-0.2, -0.15) is 0 Å². The van der Waals surface area contributed by atoms with Crippen LogP contribution in [0.2, 0.25) is 10.2 Å². The van der Waals surface area contributed by atoms with E-state index in [2.05, 4.69) is 10.3 Å². The van der Waals surface area contributed by atoms with Crippen molar-refractivity contribution in [2.45, 2.75) is 6.04 Å². The van der Waals surface area contributed by atoms with Gasteiger partial charge in [-0.05, 0) is 6.07 Å². The molecule has 2 fully saturated rings. The lowest BCUT2D eigenvalue weighted by Crippen LogP contribution is -2.63. The number of pyridine rings is 1. The lowest BCUT2D eigenvalue weighted by molar-refractivity contribution is -0.136. The summed E-state index contributed by atoms with van der Waals surface area (Å²) in [4.78, 5) is 28.4. The zero-order valence-corrected chi connectivity index (χ0v) is 13.3. The lowest BCUT2D eigenvalue weighted by Gasteiger charge is -2.45. The van der Waals surface area contributed by atoms with E-state index < -0.39 is 17.4 Å². The fraction of sp³-hybridized carbons (Fsp3) is 0.357. The molecule has 122 valence electrons. The number of hydrogen-bond acceptors (Lipinski definition) is 5. The third-order valence-electron chi connectivity index (χ3n) is 4.39. The molecule has 0 aliphatic carbocycles. The van der Waals surface area contributed by atoms with Crippen molar-refractivity contribution in [2.75, 3.05) is 24.5 Å². The van der Waals surface area contributed by atoms with E-state index in [0.29, 0.717) is 24.7 Å². The number of anilines is 1. The number of hydrogen-bond donors (Lipinski definition) is 3. The molecular formula is C14H13Cl2N3O4. The van der Waals surface area contributed by atoms with Gasteiger partial charge >= 0.3 is 11.9 Å². The minimum absolute atomic E-state index is 0.0933. The van der Waals surface area contributed by atoms with Crippen LogP contribution in [0.4, 0.5) is 5.69 Å². The van der Waals surface area contributed by atoms with Crippen LogP contribution in [0.1, 0.15) is 0 Å². The number of fused-ring (bicyclic) bond motifs is 1. The van der Waals surface area contributed by atoms with Gasteiger partial charge in [-0.15, -0.1) is 0 Å². The number of nitrogens with one attached hydrogen (secondary N) is 1. The number of carboxylic acids is 2. The van der Waals surface area contributed by atoms with Gasteiger partial charge in [-0.1, -0.05) is 23.2 Å². The summed E-state index contributed by atoms with van der Waals surface area (Å²) in [5.41, 5.74) is -0.115. The van der Waals surface area contributed by atoms with Crippen LogP contribution in [0, 0.1) is 5.41 Å². The molecule has 1 aromatic heterocycles. The van der Waals surface area contributed by atoms with Crippen molar-refractivity contribution in [3.8, 4) is 0 Å². The Kier molecular flexibility index (Phi) is 3.95. The number of carbonyl (C=O) groups is 2. The standard InChI is InChI=1S/C14H13Cl2N3O4/c15-9-1-7(3-17-12(9)16)19-4-10-14(6-19,5-18-10)8(13(22)23)2-11(20)21/h1-3,10,18H,4-6H2,(H,20,21)(H,22,23)/b8-2+/t10-,14+/m1/s1. The predicted octanol–water partition coefficient (Wildman–Crippen LogP) is 1.26. The molecule has 0 radical (unpaired) electrons. The Morgan fingerprint density at radius 1 is 1.43 bits per heavy atom. The highest BCUT2D eigenvalue weighted by Gasteiger charge is 2.57. The first-order valence-corrected chi connectivity index (χ1v) is 7.57. The van der Waals surface area contributed by atoms with Gasteiger partial charge in [-0.25, -0.2) is 14.6 Å². The summed E-state index contributed by atoms with van der Waals surface area (Å²) in [6, 6.07) is 1.52. The van der Waals surface area contributed by atoms with Crippen LogP contribution in [-0.4, -0.2) is 52.8 Å². The Morgan fingerprint density at radius 2 is 2.17 bits per heavy atom. The van der Waals surface area contributed by atoms with Crippen LogP contribution in [-0.2, 0) is 9.59 Å². The maximum Gasteiger partial charge on any atom is 0.332 e. The summed E-state index contributed by atoms with van der Waals surface area (Å²) in [6.07, 6.45) is 2.35. The summed E-state index contributed by atoms with van der Waals surface area (Å²) in [7, 11) is 0. The predicted molar refractivity (Wildman–Crippen MR) is 84.0 cm³/mol. The van der Waals surface area contributed by atoms with E-state index in [-0.39, 0.29) is 16.8 Å². The molecule has 2 atom stereocenters. The van der Waals surface area contributed by atoms with Crippen molar-refractivity contribution in [1.82, 2.24) is 10.3 Å². The van der Waals surface area contributed by atoms with E-state index in [1.807, 2.05) is 4.90 Å². The van der Waals surface area contributed by atoms with Gasteiger partial charge in [0.2, 0.25) is 0 Å². The van der Waals surface area contributed by atoms with E-state index in [1.54, 1.807) is 12.3 Å². The van der Waals surface area contributed by atoms with Gasteiger partial charge < -0.3 is 20.4 Å². The molecule has 0 bridgehead atoms. The number of nitrogens with zero attached hydrogens (tertiary/aromatic N) is 2. The first kappa shape index (κ1) is 16.0. The SMILES string of the molecule is O=C(O)/C=C(\C(=O)O)[C@@]12CN[C@@H]1CN(c1cnc(Cl)c(Cl)c1)C2. The zero-order valence-electron chi connectivity index (χ0n) is 11.8. The van der Waals surface area contributed by atoms with Crippen molar-refractivity contribution < 1.29 is 19.8 Å². The lowest BCUT2D eigenvalue weighted by atomic mass is 9.70. The quantitative estimate of drug-likeness (QED) is 0.550. The average Bonchev–Trinajstić information content (AvgIpc) is 2.72. The summed E-state index contributed by atoms with van der Waals surface area (Å²) < 4.78 is 0. The Labute approximate surface area is 141 Å². The molecular weight excluding hydrogens is 345 g/mol. The minimum atomic E-state index is -1.27. The molecule has 0 amide bonds. The number of aromatic nitrogens is 1. The molecule has 1 aromatic rings. The van der Waals surface area contributed by atoms with Gasteiger partial charge in [0, 0.05) is 37.2 Å². The molecule has 0 saturated carbocycles. The molecule has 2 aliphatic heterocycles. The van der Waals surface area contributed by atoms with Gasteiger partial charge in [0.05, 0.1) is 22.5 Å². The maximum absolute atomic E-state index is 11.5. The Balaban J connectivity index is 1.93. The first-order valence-electron chi connectivity index (χ1n) is 6.81. The third-order valence-corrected chi connectivity index (χ3v) is 5.07. The van der Waals surface area contributed by atoms with Crippen molar-refractivity contribution in [3.63, 3.8) is 0 Å². The molecule has 0 spiro atoms. The van der Waals surface area contributed by atoms with Crippen LogP contribution in [0.25, 0.3) is 0 Å². The fourth-order valence-electron chi connectivity index (χ4n) is 3.21. The number of aliphatic carboxylic acids is 2. The van der Waals surface area contributed by atoms with E-state index in [0.717, 1.165) is 11.8 Å². The van der Waals surface area contributed by atoms with Crippen molar-refractivity contribution in [1.29, 1.82) is 0 Å². The molecule has 2 aliphatic rings. The molecule has 3 heterocycles. The molecule has 9 heteroatoms. The van der Waals surface area contributed by atoms with Crippen molar-refractivity contribution in [3.05, 3.63) is 34.1 Å². The molecule has 7 nitrogen and oxygen atoms in total. The zero-order chi connectivity index (χ0) is 16.8. The highest BCUT2D eigenvalue weighted by Crippen LogP contribution is 2.45. The molecule has 0 unspecified atom stereocenters. The fourth-order valence-corrected chi connectivity index (χ4v) is 3.48. The smallest absolute Gasteiger partial charge is 0.332 e. The topological polar surface area (TPSA) is 103 Å². The highest BCUT2D eigenvalue weighted by atomic mass is 35.5. The van der Waals surface area contributed by atoms with Gasteiger partial charge in [-0.3, -0.25) is 0 Å².